The monoisotopic (exact) mass is 222 g/mol. The largest absolute Gasteiger partial charge is 0.315 e. The summed E-state index contributed by atoms with van der Waals surface area (Å²) in [5.41, 5.74) is 0. The zero-order chi connectivity index (χ0) is 10.8. The lowest BCUT2D eigenvalue weighted by molar-refractivity contribution is 0.0485. The molecule has 2 nitrogen and oxygen atoms in total. The molecule has 2 saturated heterocycles. The summed E-state index contributed by atoms with van der Waals surface area (Å²) in [5.74, 6) is 2.13. The van der Waals surface area contributed by atoms with E-state index >= 15 is 0 Å². The minimum Gasteiger partial charge on any atom is -0.315 e. The quantitative estimate of drug-likeness (QED) is 0.732. The molecule has 2 aliphatic heterocycles. The highest BCUT2D eigenvalue weighted by atomic mass is 15.2. The second-order valence-corrected chi connectivity index (χ2v) is 6.09. The number of piperidine rings is 2. The highest BCUT2D eigenvalue weighted by Gasteiger charge is 2.33. The molecule has 1 saturated carbocycles. The molecule has 2 heteroatoms. The maximum Gasteiger partial charge on any atom is 0.0221 e. The van der Waals surface area contributed by atoms with Crippen molar-refractivity contribution in [3.8, 4) is 0 Å². The highest BCUT2D eigenvalue weighted by Crippen LogP contribution is 2.36. The van der Waals surface area contributed by atoms with Gasteiger partial charge in [-0.25, -0.2) is 0 Å². The SMILES string of the molecule is C1CCC2CN(C3CCCNC3)CCC2C1. The van der Waals surface area contributed by atoms with E-state index in [0.29, 0.717) is 0 Å². The van der Waals surface area contributed by atoms with Gasteiger partial charge in [0, 0.05) is 19.1 Å². The molecule has 3 atom stereocenters. The average molecular weight is 222 g/mol. The first-order valence-corrected chi connectivity index (χ1v) is 7.38. The first kappa shape index (κ1) is 11.0. The molecule has 3 fully saturated rings. The maximum absolute atomic E-state index is 3.56. The van der Waals surface area contributed by atoms with Gasteiger partial charge in [0.2, 0.25) is 0 Å². The third-order valence-electron chi connectivity index (χ3n) is 5.11. The van der Waals surface area contributed by atoms with E-state index in [0.717, 1.165) is 17.9 Å². The van der Waals surface area contributed by atoms with Crippen LogP contribution in [0.15, 0.2) is 0 Å². The van der Waals surface area contributed by atoms with E-state index in [9.17, 15) is 0 Å². The Labute approximate surface area is 99.8 Å². The van der Waals surface area contributed by atoms with E-state index in [1.54, 1.807) is 0 Å². The Morgan fingerprint density at radius 3 is 2.56 bits per heavy atom. The second kappa shape index (κ2) is 5.05. The maximum atomic E-state index is 3.56. The minimum atomic E-state index is 0.858. The van der Waals surface area contributed by atoms with Crippen LogP contribution in [0, 0.1) is 11.8 Å². The van der Waals surface area contributed by atoms with Crippen molar-refractivity contribution in [3.63, 3.8) is 0 Å². The van der Waals surface area contributed by atoms with Gasteiger partial charge in [-0.3, -0.25) is 4.90 Å². The van der Waals surface area contributed by atoms with Crippen LogP contribution in [0.3, 0.4) is 0 Å². The lowest BCUT2D eigenvalue weighted by Crippen LogP contribution is -2.51. The number of fused-ring (bicyclic) bond motifs is 1. The zero-order valence-corrected chi connectivity index (χ0v) is 10.5. The van der Waals surface area contributed by atoms with Crippen molar-refractivity contribution in [2.24, 2.45) is 11.8 Å². The second-order valence-electron chi connectivity index (χ2n) is 6.09. The van der Waals surface area contributed by atoms with Crippen molar-refractivity contribution >= 4 is 0 Å². The standard InChI is InChI=1S/C14H26N2/c1-2-5-13-11-16(9-7-12(13)4-1)14-6-3-8-15-10-14/h12-15H,1-11H2. The van der Waals surface area contributed by atoms with E-state index < -0.39 is 0 Å². The van der Waals surface area contributed by atoms with Gasteiger partial charge in [-0.15, -0.1) is 0 Å². The normalized spacial score (nSPS) is 41.6. The van der Waals surface area contributed by atoms with Gasteiger partial charge in [0.15, 0.2) is 0 Å². The van der Waals surface area contributed by atoms with Crippen LogP contribution in [0.1, 0.15) is 44.9 Å². The van der Waals surface area contributed by atoms with E-state index in [2.05, 4.69) is 10.2 Å². The predicted molar refractivity (Wildman–Crippen MR) is 67.5 cm³/mol. The molecule has 0 radical (unpaired) electrons. The number of hydrogen-bond acceptors (Lipinski definition) is 2. The van der Waals surface area contributed by atoms with Crippen molar-refractivity contribution in [2.45, 2.75) is 51.0 Å². The lowest BCUT2D eigenvalue weighted by atomic mass is 9.74. The van der Waals surface area contributed by atoms with Gasteiger partial charge in [0.25, 0.3) is 0 Å². The molecular formula is C14H26N2. The van der Waals surface area contributed by atoms with Crippen LogP contribution in [0.4, 0.5) is 0 Å². The summed E-state index contributed by atoms with van der Waals surface area (Å²) in [6, 6.07) is 0.858. The molecule has 3 aliphatic rings. The molecule has 1 N–H and O–H groups in total. The Bertz CT molecular complexity index is 220. The van der Waals surface area contributed by atoms with Crippen LogP contribution in [-0.2, 0) is 0 Å². The molecule has 2 heterocycles. The number of nitrogens with zero attached hydrogens (tertiary/aromatic N) is 1. The van der Waals surface area contributed by atoms with Gasteiger partial charge in [0.1, 0.15) is 0 Å². The Balaban J connectivity index is 1.57. The molecular weight excluding hydrogens is 196 g/mol. The van der Waals surface area contributed by atoms with Crippen LogP contribution in [0.5, 0.6) is 0 Å². The summed E-state index contributed by atoms with van der Waals surface area (Å²) in [7, 11) is 0. The van der Waals surface area contributed by atoms with E-state index in [1.807, 2.05) is 0 Å². The fraction of sp³-hybridized carbons (Fsp3) is 1.00. The van der Waals surface area contributed by atoms with Crippen LogP contribution in [0.2, 0.25) is 0 Å². The van der Waals surface area contributed by atoms with Crippen molar-refractivity contribution in [2.75, 3.05) is 26.2 Å². The first-order valence-electron chi connectivity index (χ1n) is 7.38. The van der Waals surface area contributed by atoms with Gasteiger partial charge in [-0.05, 0) is 50.6 Å². The third kappa shape index (κ3) is 2.28. The Kier molecular flexibility index (Phi) is 3.49. The van der Waals surface area contributed by atoms with Crippen LogP contribution in [-0.4, -0.2) is 37.1 Å². The minimum absolute atomic E-state index is 0.858. The number of hydrogen-bond donors (Lipinski definition) is 1. The van der Waals surface area contributed by atoms with Crippen molar-refractivity contribution in [1.29, 1.82) is 0 Å². The van der Waals surface area contributed by atoms with Gasteiger partial charge in [-0.2, -0.15) is 0 Å². The molecule has 0 aromatic rings. The van der Waals surface area contributed by atoms with Gasteiger partial charge < -0.3 is 5.32 Å². The average Bonchev–Trinajstić information content (AvgIpc) is 2.39. The highest BCUT2D eigenvalue weighted by molar-refractivity contribution is 4.88. The molecule has 0 amide bonds. The van der Waals surface area contributed by atoms with Crippen LogP contribution >= 0.6 is 0 Å². The topological polar surface area (TPSA) is 15.3 Å². The van der Waals surface area contributed by atoms with Crippen LogP contribution < -0.4 is 5.32 Å². The van der Waals surface area contributed by atoms with Crippen molar-refractivity contribution in [3.05, 3.63) is 0 Å². The van der Waals surface area contributed by atoms with Crippen molar-refractivity contribution < 1.29 is 0 Å². The third-order valence-corrected chi connectivity index (χ3v) is 5.11. The zero-order valence-electron chi connectivity index (χ0n) is 10.5. The van der Waals surface area contributed by atoms with E-state index in [4.69, 9.17) is 0 Å². The van der Waals surface area contributed by atoms with Gasteiger partial charge >= 0.3 is 0 Å². The summed E-state index contributed by atoms with van der Waals surface area (Å²) >= 11 is 0. The number of likely N-dealkylation sites (tertiary alicyclic amines) is 1. The molecule has 0 spiro atoms. The first-order chi connectivity index (χ1) is 7.93. The summed E-state index contributed by atoms with van der Waals surface area (Å²) in [5, 5.41) is 3.56. The smallest absolute Gasteiger partial charge is 0.0221 e. The molecule has 3 unspecified atom stereocenters. The molecule has 0 aromatic carbocycles. The number of rotatable bonds is 1. The fourth-order valence-corrected chi connectivity index (χ4v) is 4.11. The summed E-state index contributed by atoms with van der Waals surface area (Å²) in [4.78, 5) is 2.80. The molecule has 0 bridgehead atoms. The van der Waals surface area contributed by atoms with Crippen LogP contribution in [0.25, 0.3) is 0 Å². The van der Waals surface area contributed by atoms with Gasteiger partial charge in [0.05, 0.1) is 0 Å². The Morgan fingerprint density at radius 2 is 1.75 bits per heavy atom. The van der Waals surface area contributed by atoms with E-state index in [1.165, 1.54) is 71.1 Å². The van der Waals surface area contributed by atoms with Gasteiger partial charge in [-0.1, -0.05) is 19.3 Å². The van der Waals surface area contributed by atoms with Crippen molar-refractivity contribution in [1.82, 2.24) is 10.2 Å². The summed E-state index contributed by atoms with van der Waals surface area (Å²) in [6.45, 7) is 5.29. The fourth-order valence-electron chi connectivity index (χ4n) is 4.11. The summed E-state index contributed by atoms with van der Waals surface area (Å²) < 4.78 is 0. The molecule has 16 heavy (non-hydrogen) atoms. The Hall–Kier alpha value is -0.0800. The molecule has 1 aliphatic carbocycles. The lowest BCUT2D eigenvalue weighted by Gasteiger charge is -2.45. The molecule has 3 rings (SSSR count). The van der Waals surface area contributed by atoms with E-state index in [-0.39, 0.29) is 0 Å². The number of nitrogens with one attached hydrogen (secondary N) is 1. The Morgan fingerprint density at radius 1 is 0.875 bits per heavy atom. The molecule has 0 aromatic heterocycles. The predicted octanol–water partition coefficient (Wildman–Crippen LogP) is 2.25. The summed E-state index contributed by atoms with van der Waals surface area (Å²) in [6.07, 6.45) is 10.4. The molecule has 92 valence electrons.